The lowest BCUT2D eigenvalue weighted by Crippen LogP contribution is -2.48. The Labute approximate surface area is 131 Å². The quantitative estimate of drug-likeness (QED) is 0.720. The summed E-state index contributed by atoms with van der Waals surface area (Å²) in [5, 5.41) is 13.8. The van der Waals surface area contributed by atoms with Gasteiger partial charge in [-0.1, -0.05) is 22.0 Å². The van der Waals surface area contributed by atoms with Crippen molar-refractivity contribution in [3.05, 3.63) is 34.3 Å². The zero-order chi connectivity index (χ0) is 16.0. The summed E-state index contributed by atoms with van der Waals surface area (Å²) < 4.78 is 0.766. The number of hydrogen-bond acceptors (Lipinski definition) is 3. The molecule has 0 bridgehead atoms. The van der Waals surface area contributed by atoms with E-state index in [4.69, 9.17) is 5.11 Å². The average molecular weight is 357 g/mol. The topological polar surface area (TPSA) is 95.5 Å². The third kappa shape index (κ3) is 6.40. The molecule has 0 aliphatic carbocycles. The molecule has 2 amide bonds. The predicted molar refractivity (Wildman–Crippen MR) is 80.9 cm³/mol. The van der Waals surface area contributed by atoms with Gasteiger partial charge in [0.05, 0.1) is 13.0 Å². The lowest BCUT2D eigenvalue weighted by molar-refractivity contribution is -0.138. The summed E-state index contributed by atoms with van der Waals surface area (Å²) in [7, 11) is 0. The molecule has 1 aromatic carbocycles. The molecule has 0 saturated heterocycles. The number of carboxylic acids is 1. The van der Waals surface area contributed by atoms with Crippen molar-refractivity contribution in [1.29, 1.82) is 0 Å². The molecule has 0 atom stereocenters. The number of aliphatic carboxylic acids is 1. The Balaban J connectivity index is 2.50. The van der Waals surface area contributed by atoms with E-state index in [1.165, 1.54) is 0 Å². The summed E-state index contributed by atoms with van der Waals surface area (Å²) >= 11 is 3.26. The third-order valence-electron chi connectivity index (χ3n) is 2.57. The molecule has 1 rings (SSSR count). The zero-order valence-corrected chi connectivity index (χ0v) is 13.4. The summed E-state index contributed by atoms with van der Waals surface area (Å²) in [6, 6.07) is 6.78. The zero-order valence-electron chi connectivity index (χ0n) is 11.8. The van der Waals surface area contributed by atoms with Crippen molar-refractivity contribution in [3.8, 4) is 0 Å². The van der Waals surface area contributed by atoms with E-state index in [0.717, 1.165) is 4.47 Å². The van der Waals surface area contributed by atoms with Crippen LogP contribution in [0.15, 0.2) is 28.7 Å². The highest BCUT2D eigenvalue weighted by Gasteiger charge is 2.23. The molecule has 0 heterocycles. The second kappa shape index (κ2) is 7.21. The Morgan fingerprint density at radius 3 is 2.52 bits per heavy atom. The summed E-state index contributed by atoms with van der Waals surface area (Å²) in [5.74, 6) is -1.81. The lowest BCUT2D eigenvalue weighted by Gasteiger charge is -2.24. The molecule has 0 saturated carbocycles. The summed E-state index contributed by atoms with van der Waals surface area (Å²) in [6.45, 7) is 3.00. The van der Waals surface area contributed by atoms with Crippen LogP contribution in [0, 0.1) is 0 Å². The van der Waals surface area contributed by atoms with Crippen molar-refractivity contribution in [1.82, 2.24) is 10.6 Å². The van der Waals surface area contributed by atoms with Crippen LogP contribution in [0.1, 0.15) is 30.6 Å². The molecule has 0 fully saturated rings. The van der Waals surface area contributed by atoms with E-state index >= 15 is 0 Å². The first-order chi connectivity index (χ1) is 9.69. The molecule has 114 valence electrons. The fourth-order valence-corrected chi connectivity index (χ4v) is 2.14. The Morgan fingerprint density at radius 2 is 1.95 bits per heavy atom. The van der Waals surface area contributed by atoms with E-state index in [-0.39, 0.29) is 18.9 Å². The first-order valence-corrected chi connectivity index (χ1v) is 7.05. The normalized spacial score (nSPS) is 10.8. The maximum atomic E-state index is 11.8. The average Bonchev–Trinajstić information content (AvgIpc) is 2.33. The molecule has 0 spiro atoms. The molecule has 1 aromatic rings. The molecule has 0 aliphatic rings. The summed E-state index contributed by atoms with van der Waals surface area (Å²) in [4.78, 5) is 34.2. The molecule has 0 aliphatic heterocycles. The fourth-order valence-electron chi connectivity index (χ4n) is 1.74. The van der Waals surface area contributed by atoms with Crippen LogP contribution >= 0.6 is 15.9 Å². The van der Waals surface area contributed by atoms with Gasteiger partial charge in [0.15, 0.2) is 0 Å². The molecule has 0 unspecified atom stereocenters. The van der Waals surface area contributed by atoms with Crippen LogP contribution in [0.4, 0.5) is 0 Å². The first-order valence-electron chi connectivity index (χ1n) is 6.26. The van der Waals surface area contributed by atoms with Crippen LogP contribution in [0.3, 0.4) is 0 Å². The molecule has 0 radical (unpaired) electrons. The van der Waals surface area contributed by atoms with Crippen LogP contribution in [0.5, 0.6) is 0 Å². The highest BCUT2D eigenvalue weighted by atomic mass is 79.9. The molecular formula is C14H17BrN2O4. The van der Waals surface area contributed by atoms with E-state index in [9.17, 15) is 14.4 Å². The van der Waals surface area contributed by atoms with Gasteiger partial charge in [-0.15, -0.1) is 0 Å². The Morgan fingerprint density at radius 1 is 1.29 bits per heavy atom. The second-order valence-electron chi connectivity index (χ2n) is 5.20. The van der Waals surface area contributed by atoms with E-state index in [1.807, 2.05) is 0 Å². The first kappa shape index (κ1) is 17.2. The molecule has 0 aromatic heterocycles. The molecular weight excluding hydrogens is 340 g/mol. The van der Waals surface area contributed by atoms with E-state index in [2.05, 4.69) is 26.6 Å². The van der Waals surface area contributed by atoms with Gasteiger partial charge in [0, 0.05) is 15.6 Å². The van der Waals surface area contributed by atoms with Gasteiger partial charge in [-0.05, 0) is 32.0 Å². The standard InChI is InChI=1S/C14H17BrN2O4/c1-14(2,7-12(19)20)17-11(18)8-16-13(21)9-4-3-5-10(15)6-9/h3-6H,7-8H2,1-2H3,(H,16,21)(H,17,18)(H,19,20). The SMILES string of the molecule is CC(C)(CC(=O)O)NC(=O)CNC(=O)c1cccc(Br)c1. The van der Waals surface area contributed by atoms with Gasteiger partial charge in [0.25, 0.3) is 5.91 Å². The Bertz CT molecular complexity index is 558. The van der Waals surface area contributed by atoms with Gasteiger partial charge in [0.2, 0.25) is 5.91 Å². The largest absolute Gasteiger partial charge is 0.481 e. The minimum Gasteiger partial charge on any atom is -0.481 e. The van der Waals surface area contributed by atoms with Crippen LogP contribution in [-0.2, 0) is 9.59 Å². The van der Waals surface area contributed by atoms with Crippen molar-refractivity contribution in [2.45, 2.75) is 25.8 Å². The summed E-state index contributed by atoms with van der Waals surface area (Å²) in [5.41, 5.74) is -0.439. The Kier molecular flexibility index (Phi) is 5.90. The van der Waals surface area contributed by atoms with Gasteiger partial charge in [-0.25, -0.2) is 0 Å². The van der Waals surface area contributed by atoms with Crippen LogP contribution in [0.25, 0.3) is 0 Å². The monoisotopic (exact) mass is 356 g/mol. The molecule has 7 heteroatoms. The van der Waals surface area contributed by atoms with Gasteiger partial charge < -0.3 is 15.7 Å². The number of carbonyl (C=O) groups excluding carboxylic acids is 2. The number of rotatable bonds is 6. The number of amides is 2. The number of benzene rings is 1. The highest BCUT2D eigenvalue weighted by molar-refractivity contribution is 9.10. The smallest absolute Gasteiger partial charge is 0.305 e. The van der Waals surface area contributed by atoms with Crippen LogP contribution in [-0.4, -0.2) is 35.0 Å². The van der Waals surface area contributed by atoms with Crippen molar-refractivity contribution in [2.75, 3.05) is 6.54 Å². The maximum Gasteiger partial charge on any atom is 0.305 e. The number of carboxylic acid groups (broad SMARTS) is 1. The minimum atomic E-state index is -1.00. The fraction of sp³-hybridized carbons (Fsp3) is 0.357. The predicted octanol–water partition coefficient (Wildman–Crippen LogP) is 1.55. The van der Waals surface area contributed by atoms with Gasteiger partial charge in [-0.3, -0.25) is 14.4 Å². The Hall–Kier alpha value is -1.89. The number of halogens is 1. The highest BCUT2D eigenvalue weighted by Crippen LogP contribution is 2.11. The van der Waals surface area contributed by atoms with E-state index in [0.29, 0.717) is 5.56 Å². The van der Waals surface area contributed by atoms with Crippen molar-refractivity contribution in [2.24, 2.45) is 0 Å². The van der Waals surface area contributed by atoms with Crippen LogP contribution in [0.2, 0.25) is 0 Å². The van der Waals surface area contributed by atoms with Gasteiger partial charge in [-0.2, -0.15) is 0 Å². The van der Waals surface area contributed by atoms with Gasteiger partial charge in [0.1, 0.15) is 0 Å². The summed E-state index contributed by atoms with van der Waals surface area (Å²) in [6.07, 6.45) is -0.196. The van der Waals surface area contributed by atoms with E-state index < -0.39 is 17.4 Å². The molecule has 3 N–H and O–H groups in total. The van der Waals surface area contributed by atoms with Crippen molar-refractivity contribution >= 4 is 33.7 Å². The molecule has 6 nitrogen and oxygen atoms in total. The minimum absolute atomic E-state index is 0.196. The number of hydrogen-bond donors (Lipinski definition) is 3. The van der Waals surface area contributed by atoms with Crippen LogP contribution < -0.4 is 10.6 Å². The van der Waals surface area contributed by atoms with E-state index in [1.54, 1.807) is 38.1 Å². The third-order valence-corrected chi connectivity index (χ3v) is 3.06. The van der Waals surface area contributed by atoms with Crippen molar-refractivity contribution in [3.63, 3.8) is 0 Å². The lowest BCUT2D eigenvalue weighted by atomic mass is 10.0. The number of carbonyl (C=O) groups is 3. The number of nitrogens with one attached hydrogen (secondary N) is 2. The second-order valence-corrected chi connectivity index (χ2v) is 6.11. The maximum absolute atomic E-state index is 11.8. The van der Waals surface area contributed by atoms with Crippen molar-refractivity contribution < 1.29 is 19.5 Å². The van der Waals surface area contributed by atoms with Gasteiger partial charge >= 0.3 is 5.97 Å². The molecule has 21 heavy (non-hydrogen) atoms.